The number of nitrogens with zero attached hydrogens (tertiary/aromatic N) is 1. The van der Waals surface area contributed by atoms with Crippen LogP contribution in [0.15, 0.2) is 54.1 Å². The summed E-state index contributed by atoms with van der Waals surface area (Å²) in [6.45, 7) is 1.95. The zero-order chi connectivity index (χ0) is 22.2. The zero-order valence-corrected chi connectivity index (χ0v) is 17.4. The Balaban J connectivity index is 1.86. The van der Waals surface area contributed by atoms with Crippen molar-refractivity contribution in [3.05, 3.63) is 75.8 Å². The largest absolute Gasteiger partial charge is 0.454 e. The van der Waals surface area contributed by atoms with Gasteiger partial charge in [0.2, 0.25) is 11.3 Å². The van der Waals surface area contributed by atoms with Crippen molar-refractivity contribution >= 4 is 29.1 Å². The molecule has 2 aliphatic heterocycles. The third kappa shape index (κ3) is 2.19. The minimum atomic E-state index is -2.77. The molecule has 0 bridgehead atoms. The van der Waals surface area contributed by atoms with E-state index in [1.165, 1.54) is 12.1 Å². The maximum Gasteiger partial charge on any atom is 0.296 e. The van der Waals surface area contributed by atoms with Crippen molar-refractivity contribution in [2.24, 2.45) is 0 Å². The summed E-state index contributed by atoms with van der Waals surface area (Å²) in [7, 11) is 0. The average molecular weight is 442 g/mol. The zero-order valence-electron chi connectivity index (χ0n) is 16.6. The molecule has 8 heteroatoms. The Hall–Kier alpha value is -2.71. The van der Waals surface area contributed by atoms with Crippen LogP contribution in [0.3, 0.4) is 0 Å². The van der Waals surface area contributed by atoms with Crippen molar-refractivity contribution in [1.29, 1.82) is 0 Å². The van der Waals surface area contributed by atoms with Crippen molar-refractivity contribution in [3.63, 3.8) is 0 Å². The van der Waals surface area contributed by atoms with Crippen molar-refractivity contribution in [1.82, 2.24) is 4.90 Å². The highest BCUT2D eigenvalue weighted by Gasteiger charge is 2.84. The number of carbonyl (C=O) groups is 2. The Bertz CT molecular complexity index is 1160. The van der Waals surface area contributed by atoms with E-state index < -0.39 is 28.8 Å². The summed E-state index contributed by atoms with van der Waals surface area (Å²) >= 11 is 5.98. The number of benzene rings is 2. The van der Waals surface area contributed by atoms with Crippen LogP contribution in [-0.4, -0.2) is 44.0 Å². The highest BCUT2D eigenvalue weighted by atomic mass is 35.5. The van der Waals surface area contributed by atoms with Gasteiger partial charge >= 0.3 is 0 Å². The van der Waals surface area contributed by atoms with Crippen molar-refractivity contribution in [3.8, 4) is 0 Å². The number of hydrogen-bond acceptors (Lipinski definition) is 6. The minimum Gasteiger partial charge on any atom is -0.454 e. The third-order valence-electron chi connectivity index (χ3n) is 6.41. The Morgan fingerprint density at radius 1 is 1.00 bits per heavy atom. The van der Waals surface area contributed by atoms with Gasteiger partial charge in [-0.15, -0.1) is 0 Å². The monoisotopic (exact) mass is 441 g/mol. The lowest BCUT2D eigenvalue weighted by Gasteiger charge is -2.45. The number of ketones is 1. The molecule has 3 N–H and O–H groups in total. The molecule has 0 unspecified atom stereocenters. The maximum atomic E-state index is 13.2. The molecule has 3 aliphatic rings. The summed E-state index contributed by atoms with van der Waals surface area (Å²) in [5.41, 5.74) is -2.05. The van der Waals surface area contributed by atoms with Crippen LogP contribution in [0.2, 0.25) is 5.02 Å². The van der Waals surface area contributed by atoms with Crippen LogP contribution in [-0.2, 0) is 25.9 Å². The van der Waals surface area contributed by atoms with E-state index in [1.54, 1.807) is 36.4 Å². The van der Waals surface area contributed by atoms with Crippen LogP contribution >= 0.6 is 11.6 Å². The van der Waals surface area contributed by atoms with E-state index >= 15 is 0 Å². The minimum absolute atomic E-state index is 0.0193. The predicted molar refractivity (Wildman–Crippen MR) is 110 cm³/mol. The highest BCUT2D eigenvalue weighted by Crippen LogP contribution is 2.67. The molecule has 1 amide bonds. The molecule has 5 rings (SSSR count). The summed E-state index contributed by atoms with van der Waals surface area (Å²) in [5.74, 6) is -7.04. The molecular weight excluding hydrogens is 422 g/mol. The van der Waals surface area contributed by atoms with Gasteiger partial charge in [0.1, 0.15) is 5.76 Å². The molecule has 1 saturated heterocycles. The first-order chi connectivity index (χ1) is 14.7. The van der Waals surface area contributed by atoms with E-state index in [-0.39, 0.29) is 29.0 Å². The molecule has 2 heterocycles. The average Bonchev–Trinajstić information content (AvgIpc) is 3.22. The van der Waals surface area contributed by atoms with Gasteiger partial charge in [0.15, 0.2) is 0 Å². The standard InChI is InChI=1S/C23H20ClNO6/c1-2-3-12-25-20(27)18(26)17-19(13-8-10-14(24)11-9-13)31-23(30)16-7-5-4-6-15(16)22(28,29)21(17,23)25/h4-11,28-30H,2-3,12H2,1H3/t21-,23-/m0/s1. The molecule has 1 spiro atoms. The van der Waals surface area contributed by atoms with Crippen LogP contribution in [0.5, 0.6) is 0 Å². The number of aliphatic hydroxyl groups is 3. The normalized spacial score (nSPS) is 28.0. The van der Waals surface area contributed by atoms with Crippen LogP contribution in [0.25, 0.3) is 5.76 Å². The van der Waals surface area contributed by atoms with Gasteiger partial charge in [-0.25, -0.2) is 0 Å². The molecule has 2 aromatic rings. The SMILES string of the molecule is CCCCN1C(=O)C(=O)C2=C(c3ccc(Cl)cc3)O[C@@]3(O)c4ccccc4C(O)(O)[C@]213. The molecular formula is C23H20ClNO6. The number of ether oxygens (including phenoxy) is 1. The highest BCUT2D eigenvalue weighted by molar-refractivity contribution is 6.48. The van der Waals surface area contributed by atoms with Gasteiger partial charge in [-0.1, -0.05) is 49.2 Å². The number of unbranched alkanes of at least 4 members (excludes halogenated alkanes) is 1. The van der Waals surface area contributed by atoms with Gasteiger partial charge in [0, 0.05) is 28.3 Å². The maximum absolute atomic E-state index is 13.2. The van der Waals surface area contributed by atoms with Gasteiger partial charge < -0.3 is 25.0 Å². The molecule has 0 saturated carbocycles. The van der Waals surface area contributed by atoms with Gasteiger partial charge in [0.05, 0.1) is 5.57 Å². The Labute approximate surface area is 183 Å². The van der Waals surface area contributed by atoms with Crippen molar-refractivity contribution < 1.29 is 29.6 Å². The van der Waals surface area contributed by atoms with Crippen LogP contribution in [0.4, 0.5) is 0 Å². The lowest BCUT2D eigenvalue weighted by Crippen LogP contribution is -2.66. The number of likely N-dealkylation sites (tertiary alicyclic amines) is 1. The predicted octanol–water partition coefficient (Wildman–Crippen LogP) is 2.03. The molecule has 0 aromatic heterocycles. The summed E-state index contributed by atoms with van der Waals surface area (Å²) in [6, 6.07) is 12.5. The van der Waals surface area contributed by atoms with E-state index in [0.29, 0.717) is 23.4 Å². The molecule has 1 fully saturated rings. The first-order valence-electron chi connectivity index (χ1n) is 10.0. The number of carbonyl (C=O) groups excluding carboxylic acids is 2. The lowest BCUT2D eigenvalue weighted by atomic mass is 9.78. The number of Topliss-reactive ketones (excluding diaryl/α,β-unsaturated/α-hetero) is 1. The number of fused-ring (bicyclic) bond motifs is 2. The van der Waals surface area contributed by atoms with Crippen LogP contribution in [0, 0.1) is 0 Å². The van der Waals surface area contributed by atoms with E-state index in [9.17, 15) is 24.9 Å². The summed E-state index contributed by atoms with van der Waals surface area (Å²) in [6.07, 6.45) is 1.18. The number of rotatable bonds is 4. The van der Waals surface area contributed by atoms with Gasteiger partial charge in [-0.3, -0.25) is 9.59 Å². The number of amides is 1. The molecule has 31 heavy (non-hydrogen) atoms. The second kappa shape index (κ2) is 6.40. The summed E-state index contributed by atoms with van der Waals surface area (Å²) in [4.78, 5) is 27.4. The molecule has 7 nitrogen and oxygen atoms in total. The first-order valence-corrected chi connectivity index (χ1v) is 10.4. The van der Waals surface area contributed by atoms with Crippen molar-refractivity contribution in [2.45, 2.75) is 36.9 Å². The topological polar surface area (TPSA) is 107 Å². The fourth-order valence-corrected chi connectivity index (χ4v) is 5.22. The van der Waals surface area contributed by atoms with Gasteiger partial charge in [-0.05, 0) is 30.7 Å². The Morgan fingerprint density at radius 3 is 2.29 bits per heavy atom. The Morgan fingerprint density at radius 2 is 1.65 bits per heavy atom. The number of halogens is 1. The molecule has 160 valence electrons. The van der Waals surface area contributed by atoms with Gasteiger partial charge in [-0.2, -0.15) is 0 Å². The number of hydrogen-bond donors (Lipinski definition) is 3. The van der Waals surface area contributed by atoms with E-state index in [2.05, 4.69) is 0 Å². The first kappa shape index (κ1) is 20.2. The second-order valence-corrected chi connectivity index (χ2v) is 8.46. The molecule has 1 aliphatic carbocycles. The summed E-state index contributed by atoms with van der Waals surface area (Å²) in [5, 5.41) is 35.3. The quantitative estimate of drug-likeness (QED) is 0.495. The lowest BCUT2D eigenvalue weighted by molar-refractivity contribution is -0.312. The molecule has 2 aromatic carbocycles. The van der Waals surface area contributed by atoms with Crippen molar-refractivity contribution in [2.75, 3.05) is 6.54 Å². The second-order valence-electron chi connectivity index (χ2n) is 8.02. The van der Waals surface area contributed by atoms with Crippen LogP contribution < -0.4 is 0 Å². The molecule has 2 atom stereocenters. The van der Waals surface area contributed by atoms with E-state index in [0.717, 1.165) is 4.90 Å². The smallest absolute Gasteiger partial charge is 0.296 e. The van der Waals surface area contributed by atoms with E-state index in [4.69, 9.17) is 16.3 Å². The fourth-order valence-electron chi connectivity index (χ4n) is 5.09. The Kier molecular flexibility index (Phi) is 4.17. The van der Waals surface area contributed by atoms with E-state index in [1.807, 2.05) is 6.92 Å². The fraction of sp³-hybridized carbons (Fsp3) is 0.304. The molecule has 0 radical (unpaired) electrons. The third-order valence-corrected chi connectivity index (χ3v) is 6.67. The summed E-state index contributed by atoms with van der Waals surface area (Å²) < 4.78 is 6.00. The van der Waals surface area contributed by atoms with Gasteiger partial charge in [0.25, 0.3) is 17.5 Å². The van der Waals surface area contributed by atoms with Crippen LogP contribution in [0.1, 0.15) is 36.5 Å².